The molecular formula is C28H43N. The van der Waals surface area contributed by atoms with Crippen molar-refractivity contribution in [1.29, 1.82) is 0 Å². The van der Waals surface area contributed by atoms with Crippen LogP contribution in [0, 0.1) is 12.8 Å². The Morgan fingerprint density at radius 1 is 0.862 bits per heavy atom. The van der Waals surface area contributed by atoms with Crippen molar-refractivity contribution in [3.05, 3.63) is 82.9 Å². The third-order valence-electron chi connectivity index (χ3n) is 5.52. The molecule has 0 atom stereocenters. The van der Waals surface area contributed by atoms with Gasteiger partial charge in [-0.2, -0.15) is 0 Å². The van der Waals surface area contributed by atoms with E-state index in [0.29, 0.717) is 18.0 Å². The zero-order valence-electron chi connectivity index (χ0n) is 20.1. The molecule has 29 heavy (non-hydrogen) atoms. The Morgan fingerprint density at radius 3 is 1.90 bits per heavy atom. The van der Waals surface area contributed by atoms with Crippen LogP contribution in [0.4, 0.5) is 0 Å². The quantitative estimate of drug-likeness (QED) is 0.420. The van der Waals surface area contributed by atoms with E-state index in [-0.39, 0.29) is 0 Å². The van der Waals surface area contributed by atoms with Gasteiger partial charge in [0.2, 0.25) is 0 Å². The van der Waals surface area contributed by atoms with Gasteiger partial charge in [-0.05, 0) is 76.6 Å². The molecule has 1 nitrogen and oxygen atoms in total. The van der Waals surface area contributed by atoms with Crippen LogP contribution in [-0.4, -0.2) is 23.5 Å². The predicted molar refractivity (Wildman–Crippen MR) is 131 cm³/mol. The van der Waals surface area contributed by atoms with E-state index in [4.69, 9.17) is 0 Å². The number of hydrogen-bond acceptors (Lipinski definition) is 1. The maximum absolute atomic E-state index is 4.22. The summed E-state index contributed by atoms with van der Waals surface area (Å²) < 4.78 is 0. The fourth-order valence-electron chi connectivity index (χ4n) is 3.68. The predicted octanol–water partition coefficient (Wildman–Crippen LogP) is 7.47. The molecule has 160 valence electrons. The van der Waals surface area contributed by atoms with Crippen molar-refractivity contribution in [1.82, 2.24) is 4.90 Å². The van der Waals surface area contributed by atoms with Crippen molar-refractivity contribution < 1.29 is 0 Å². The molecule has 0 aromatic heterocycles. The smallest absolute Gasteiger partial charge is 0.00411 e. The first-order chi connectivity index (χ1) is 13.6. The lowest BCUT2D eigenvalue weighted by molar-refractivity contribution is 0.185. The molecule has 0 saturated heterocycles. The summed E-state index contributed by atoms with van der Waals surface area (Å²) in [7, 11) is 0. The Bertz CT molecular complexity index is 717. The van der Waals surface area contributed by atoms with Gasteiger partial charge in [-0.3, -0.25) is 4.90 Å². The van der Waals surface area contributed by atoms with Crippen LogP contribution in [-0.2, 0) is 12.8 Å². The summed E-state index contributed by atoms with van der Waals surface area (Å²) in [5, 5.41) is 0. The molecule has 0 amide bonds. The molecule has 0 N–H and O–H groups in total. The molecule has 1 heteroatoms. The van der Waals surface area contributed by atoms with Crippen molar-refractivity contribution in [2.24, 2.45) is 5.92 Å². The van der Waals surface area contributed by atoms with E-state index in [2.05, 4.69) is 115 Å². The summed E-state index contributed by atoms with van der Waals surface area (Å²) in [5.41, 5.74) is 6.85. The standard InChI is InChI=1S/C20H24.C8H19N/c1-15(2)17(4)13-19-11-10-16(3)12-20(19)14-18-8-6-5-7-9-18;1-6-9(7(2)3)8(4)5/h5-12,15H,4,13-14H2,1-3H3;7-8H,6H2,1-5H3. The average molecular weight is 394 g/mol. The second-order valence-corrected chi connectivity index (χ2v) is 8.94. The molecule has 2 aromatic carbocycles. The summed E-state index contributed by atoms with van der Waals surface area (Å²) in [5.74, 6) is 0.542. The normalized spacial score (nSPS) is 11.2. The van der Waals surface area contributed by atoms with Crippen LogP contribution >= 0.6 is 0 Å². The van der Waals surface area contributed by atoms with Crippen LogP contribution in [0.25, 0.3) is 0 Å². The van der Waals surface area contributed by atoms with Gasteiger partial charge in [-0.1, -0.05) is 87.0 Å². The van der Waals surface area contributed by atoms with Crippen LogP contribution in [0.1, 0.15) is 70.7 Å². The van der Waals surface area contributed by atoms with E-state index in [1.165, 1.54) is 27.8 Å². The summed E-state index contributed by atoms with van der Waals surface area (Å²) in [4.78, 5) is 2.46. The summed E-state index contributed by atoms with van der Waals surface area (Å²) >= 11 is 0. The molecule has 0 bridgehead atoms. The Balaban J connectivity index is 0.000000396. The van der Waals surface area contributed by atoms with Crippen molar-refractivity contribution in [3.8, 4) is 0 Å². The fraction of sp³-hybridized carbons (Fsp3) is 0.500. The molecular weight excluding hydrogens is 350 g/mol. The van der Waals surface area contributed by atoms with Gasteiger partial charge >= 0.3 is 0 Å². The van der Waals surface area contributed by atoms with Crippen LogP contribution in [0.5, 0.6) is 0 Å². The van der Waals surface area contributed by atoms with E-state index in [1.54, 1.807) is 0 Å². The SMILES string of the molecule is C=C(Cc1ccc(C)cc1Cc1ccccc1)C(C)C.CCN(C(C)C)C(C)C. The van der Waals surface area contributed by atoms with Gasteiger partial charge in [0, 0.05) is 12.1 Å². The first-order valence-electron chi connectivity index (χ1n) is 11.2. The zero-order chi connectivity index (χ0) is 22.0. The van der Waals surface area contributed by atoms with E-state index in [1.807, 2.05) is 0 Å². The highest BCUT2D eigenvalue weighted by atomic mass is 15.2. The van der Waals surface area contributed by atoms with E-state index >= 15 is 0 Å². The van der Waals surface area contributed by atoms with Gasteiger partial charge in [0.25, 0.3) is 0 Å². The molecule has 0 radical (unpaired) electrons. The summed E-state index contributed by atoms with van der Waals surface area (Å²) in [6.45, 7) is 23.1. The molecule has 0 spiro atoms. The second kappa shape index (κ2) is 12.6. The van der Waals surface area contributed by atoms with E-state index in [0.717, 1.165) is 19.4 Å². The van der Waals surface area contributed by atoms with Crippen LogP contribution in [0.3, 0.4) is 0 Å². The minimum absolute atomic E-state index is 0.542. The largest absolute Gasteiger partial charge is 0.299 e. The molecule has 0 fully saturated rings. The third kappa shape index (κ3) is 9.00. The van der Waals surface area contributed by atoms with E-state index < -0.39 is 0 Å². The lowest BCUT2D eigenvalue weighted by Gasteiger charge is -2.28. The number of benzene rings is 2. The number of rotatable bonds is 8. The molecule has 0 aliphatic rings. The molecule has 0 aliphatic heterocycles. The number of nitrogens with zero attached hydrogens (tertiary/aromatic N) is 1. The van der Waals surface area contributed by atoms with Gasteiger partial charge in [0.05, 0.1) is 0 Å². The molecule has 2 aromatic rings. The number of allylic oxidation sites excluding steroid dienone is 1. The van der Waals surface area contributed by atoms with Crippen molar-refractivity contribution in [3.63, 3.8) is 0 Å². The van der Waals surface area contributed by atoms with E-state index in [9.17, 15) is 0 Å². The Hall–Kier alpha value is -1.86. The van der Waals surface area contributed by atoms with Gasteiger partial charge in [0.1, 0.15) is 0 Å². The van der Waals surface area contributed by atoms with Crippen LogP contribution in [0.15, 0.2) is 60.7 Å². The highest BCUT2D eigenvalue weighted by molar-refractivity contribution is 5.38. The first-order valence-corrected chi connectivity index (χ1v) is 11.2. The van der Waals surface area contributed by atoms with Gasteiger partial charge in [-0.15, -0.1) is 0 Å². The molecule has 2 rings (SSSR count). The summed E-state index contributed by atoms with van der Waals surface area (Å²) in [6, 6.07) is 18.9. The molecule has 0 saturated carbocycles. The maximum atomic E-state index is 4.22. The first kappa shape index (κ1) is 25.2. The number of hydrogen-bond donors (Lipinski definition) is 0. The van der Waals surface area contributed by atoms with Crippen molar-refractivity contribution in [2.75, 3.05) is 6.54 Å². The van der Waals surface area contributed by atoms with Gasteiger partial charge in [-0.25, -0.2) is 0 Å². The maximum Gasteiger partial charge on any atom is 0.00411 e. The van der Waals surface area contributed by atoms with Crippen molar-refractivity contribution in [2.45, 2.75) is 80.3 Å². The summed E-state index contributed by atoms with van der Waals surface area (Å²) in [6.07, 6.45) is 1.99. The van der Waals surface area contributed by atoms with Gasteiger partial charge < -0.3 is 0 Å². The second-order valence-electron chi connectivity index (χ2n) is 8.94. The average Bonchev–Trinajstić information content (AvgIpc) is 2.65. The lowest BCUT2D eigenvalue weighted by atomic mass is 9.91. The lowest BCUT2D eigenvalue weighted by Crippen LogP contribution is -2.36. The number of aryl methyl sites for hydroxylation is 1. The van der Waals surface area contributed by atoms with Crippen LogP contribution < -0.4 is 0 Å². The minimum Gasteiger partial charge on any atom is -0.299 e. The highest BCUT2D eigenvalue weighted by Crippen LogP contribution is 2.21. The minimum atomic E-state index is 0.542. The highest BCUT2D eigenvalue weighted by Gasteiger charge is 2.09. The molecule has 0 aliphatic carbocycles. The zero-order valence-corrected chi connectivity index (χ0v) is 20.1. The molecule has 0 heterocycles. The van der Waals surface area contributed by atoms with Crippen LogP contribution in [0.2, 0.25) is 0 Å². The van der Waals surface area contributed by atoms with Gasteiger partial charge in [0.15, 0.2) is 0 Å². The third-order valence-corrected chi connectivity index (χ3v) is 5.52. The topological polar surface area (TPSA) is 3.24 Å². The Kier molecular flexibility index (Phi) is 11.0. The Morgan fingerprint density at radius 2 is 1.45 bits per heavy atom. The molecule has 0 unspecified atom stereocenters. The monoisotopic (exact) mass is 393 g/mol. The fourth-order valence-corrected chi connectivity index (χ4v) is 3.68. The van der Waals surface area contributed by atoms with Crippen molar-refractivity contribution >= 4 is 0 Å². The Labute approximate surface area is 180 Å².